The molecule has 0 unspecified atom stereocenters. The highest BCUT2D eigenvalue weighted by molar-refractivity contribution is 7.87. The van der Waals surface area contributed by atoms with Crippen LogP contribution in [-0.2, 0) is 23.0 Å². The van der Waals surface area contributed by atoms with Gasteiger partial charge in [0, 0.05) is 0 Å². The molecule has 21 heavy (non-hydrogen) atoms. The van der Waals surface area contributed by atoms with E-state index >= 15 is 0 Å². The van der Waals surface area contributed by atoms with Crippen LogP contribution in [0.2, 0.25) is 5.02 Å². The van der Waals surface area contributed by atoms with E-state index < -0.39 is 10.1 Å². The molecule has 0 bridgehead atoms. The van der Waals surface area contributed by atoms with Crippen LogP contribution < -0.4 is 4.18 Å². The lowest BCUT2D eigenvalue weighted by Gasteiger charge is -2.16. The zero-order valence-corrected chi connectivity index (χ0v) is 13.0. The lowest BCUT2D eigenvalue weighted by atomic mass is 9.92. The second-order valence-corrected chi connectivity index (χ2v) is 7.03. The van der Waals surface area contributed by atoms with Crippen molar-refractivity contribution in [3.05, 3.63) is 58.6 Å². The van der Waals surface area contributed by atoms with E-state index in [0.29, 0.717) is 5.75 Å². The molecule has 0 atom stereocenters. The van der Waals surface area contributed by atoms with Crippen molar-refractivity contribution in [2.75, 3.05) is 0 Å². The molecule has 1 aliphatic carbocycles. The summed E-state index contributed by atoms with van der Waals surface area (Å²) in [5.74, 6) is 0.343. The van der Waals surface area contributed by atoms with E-state index in [4.69, 9.17) is 15.8 Å². The second-order valence-electron chi connectivity index (χ2n) is 5.11. The molecule has 5 heteroatoms. The zero-order valence-electron chi connectivity index (χ0n) is 11.4. The summed E-state index contributed by atoms with van der Waals surface area (Å²) < 4.78 is 29.8. The number of aryl methyl sites for hydroxylation is 2. The van der Waals surface area contributed by atoms with E-state index in [0.717, 1.165) is 19.3 Å². The van der Waals surface area contributed by atoms with Gasteiger partial charge in [0.25, 0.3) is 0 Å². The first kappa shape index (κ1) is 14.4. The Hall–Kier alpha value is -1.52. The summed E-state index contributed by atoms with van der Waals surface area (Å²) in [5.41, 5.74) is 2.46. The summed E-state index contributed by atoms with van der Waals surface area (Å²) in [5, 5.41) is 0.162. The number of fused-ring (bicyclic) bond motifs is 1. The molecule has 0 radical (unpaired) electrons. The first-order valence-corrected chi connectivity index (χ1v) is 8.66. The quantitative estimate of drug-likeness (QED) is 0.803. The fourth-order valence-corrected chi connectivity index (χ4v) is 4.00. The van der Waals surface area contributed by atoms with E-state index in [1.165, 1.54) is 29.7 Å². The monoisotopic (exact) mass is 322 g/mol. The number of hydrogen-bond acceptors (Lipinski definition) is 3. The molecule has 1 aliphatic rings. The number of hydrogen-bond donors (Lipinski definition) is 0. The number of halogens is 1. The third-order valence-electron chi connectivity index (χ3n) is 3.63. The molecule has 0 amide bonds. The lowest BCUT2D eigenvalue weighted by Crippen LogP contribution is -2.11. The van der Waals surface area contributed by atoms with Gasteiger partial charge in [-0.2, -0.15) is 8.42 Å². The topological polar surface area (TPSA) is 43.4 Å². The average molecular weight is 323 g/mol. The second kappa shape index (κ2) is 5.70. The molecule has 0 fully saturated rings. The minimum atomic E-state index is -3.90. The fourth-order valence-electron chi connectivity index (χ4n) is 2.58. The van der Waals surface area contributed by atoms with Crippen LogP contribution in [0.3, 0.4) is 0 Å². The van der Waals surface area contributed by atoms with Crippen molar-refractivity contribution in [3.8, 4) is 5.75 Å². The minimum Gasteiger partial charge on any atom is -0.379 e. The highest BCUT2D eigenvalue weighted by atomic mass is 35.5. The Bertz CT molecular complexity index is 769. The molecular weight excluding hydrogens is 308 g/mol. The molecule has 2 aromatic carbocycles. The Labute approximate surface area is 129 Å². The van der Waals surface area contributed by atoms with Gasteiger partial charge in [-0.15, -0.1) is 0 Å². The molecule has 0 aliphatic heterocycles. The van der Waals surface area contributed by atoms with Gasteiger partial charge < -0.3 is 4.18 Å². The summed E-state index contributed by atoms with van der Waals surface area (Å²) >= 11 is 5.93. The molecule has 3 nitrogen and oxygen atoms in total. The zero-order chi connectivity index (χ0) is 14.9. The predicted molar refractivity (Wildman–Crippen MR) is 82.3 cm³/mol. The normalized spacial score (nSPS) is 14.5. The third kappa shape index (κ3) is 3.06. The fraction of sp³-hybridized carbons (Fsp3) is 0.250. The van der Waals surface area contributed by atoms with Crippen molar-refractivity contribution in [2.45, 2.75) is 30.6 Å². The Morgan fingerprint density at radius 1 is 0.952 bits per heavy atom. The van der Waals surface area contributed by atoms with Crippen molar-refractivity contribution in [2.24, 2.45) is 0 Å². The van der Waals surface area contributed by atoms with Crippen LogP contribution in [0.1, 0.15) is 24.0 Å². The Balaban J connectivity index is 1.91. The highest BCUT2D eigenvalue weighted by Gasteiger charge is 2.20. The Kier molecular flexibility index (Phi) is 3.91. The van der Waals surface area contributed by atoms with Gasteiger partial charge in [0.2, 0.25) is 0 Å². The van der Waals surface area contributed by atoms with Crippen LogP contribution in [0, 0.1) is 0 Å². The first-order chi connectivity index (χ1) is 10.1. The van der Waals surface area contributed by atoms with Crippen LogP contribution >= 0.6 is 11.6 Å². The number of rotatable bonds is 3. The molecule has 3 rings (SSSR count). The van der Waals surface area contributed by atoms with Crippen LogP contribution in [0.4, 0.5) is 0 Å². The van der Waals surface area contributed by atoms with Crippen LogP contribution in [-0.4, -0.2) is 8.42 Å². The van der Waals surface area contributed by atoms with E-state index in [2.05, 4.69) is 0 Å². The summed E-state index contributed by atoms with van der Waals surface area (Å²) in [6.07, 6.45) is 4.34. The van der Waals surface area contributed by atoms with Gasteiger partial charge in [0.15, 0.2) is 0 Å². The van der Waals surface area contributed by atoms with Crippen molar-refractivity contribution in [1.29, 1.82) is 0 Å². The summed E-state index contributed by atoms with van der Waals surface area (Å²) in [6, 6.07) is 11.8. The molecule has 0 saturated carbocycles. The summed E-state index contributed by atoms with van der Waals surface area (Å²) in [6.45, 7) is 0. The van der Waals surface area contributed by atoms with Gasteiger partial charge in [0.1, 0.15) is 10.6 Å². The largest absolute Gasteiger partial charge is 0.379 e. The van der Waals surface area contributed by atoms with E-state index in [1.54, 1.807) is 18.2 Å². The summed E-state index contributed by atoms with van der Waals surface area (Å²) in [7, 11) is -3.90. The molecular formula is C16H15ClO3S. The van der Waals surface area contributed by atoms with Gasteiger partial charge in [-0.3, -0.25) is 0 Å². The molecule has 2 aromatic rings. The molecule has 0 saturated heterocycles. The van der Waals surface area contributed by atoms with Crippen LogP contribution in [0.5, 0.6) is 5.75 Å². The predicted octanol–water partition coefficient (Wildman–Crippen LogP) is 3.99. The van der Waals surface area contributed by atoms with Crippen molar-refractivity contribution in [3.63, 3.8) is 0 Å². The molecule has 0 N–H and O–H groups in total. The van der Waals surface area contributed by atoms with Gasteiger partial charge in [-0.1, -0.05) is 29.8 Å². The SMILES string of the molecule is O=S(=O)(Oc1ccc2c(c1)CCCC2)c1ccccc1Cl. The van der Waals surface area contributed by atoms with Crippen LogP contribution in [0.25, 0.3) is 0 Å². The first-order valence-electron chi connectivity index (χ1n) is 6.87. The van der Waals surface area contributed by atoms with Crippen LogP contribution in [0.15, 0.2) is 47.4 Å². The smallest absolute Gasteiger partial charge is 0.340 e. The summed E-state index contributed by atoms with van der Waals surface area (Å²) in [4.78, 5) is -0.00983. The van der Waals surface area contributed by atoms with E-state index in [-0.39, 0.29) is 9.92 Å². The standard InChI is InChI=1S/C16H15ClO3S/c17-15-7-3-4-8-16(15)21(18,19)20-14-10-9-12-5-1-2-6-13(12)11-14/h3-4,7-11H,1-2,5-6H2. The van der Waals surface area contributed by atoms with E-state index in [9.17, 15) is 8.42 Å². The van der Waals surface area contributed by atoms with Gasteiger partial charge in [0.05, 0.1) is 5.02 Å². The Morgan fingerprint density at radius 2 is 1.67 bits per heavy atom. The van der Waals surface area contributed by atoms with Gasteiger partial charge in [-0.25, -0.2) is 0 Å². The highest BCUT2D eigenvalue weighted by Crippen LogP contribution is 2.28. The van der Waals surface area contributed by atoms with Gasteiger partial charge >= 0.3 is 10.1 Å². The maximum Gasteiger partial charge on any atom is 0.340 e. The molecule has 0 aromatic heterocycles. The van der Waals surface area contributed by atoms with Crippen molar-refractivity contribution in [1.82, 2.24) is 0 Å². The molecule has 110 valence electrons. The average Bonchev–Trinajstić information content (AvgIpc) is 2.47. The lowest BCUT2D eigenvalue weighted by molar-refractivity contribution is 0.485. The molecule has 0 spiro atoms. The third-order valence-corrected chi connectivity index (χ3v) is 5.38. The maximum absolute atomic E-state index is 12.3. The van der Waals surface area contributed by atoms with Crippen molar-refractivity contribution >= 4 is 21.7 Å². The van der Waals surface area contributed by atoms with E-state index in [1.807, 2.05) is 12.1 Å². The minimum absolute atomic E-state index is 0.00983. The van der Waals surface area contributed by atoms with Crippen molar-refractivity contribution < 1.29 is 12.6 Å². The van der Waals surface area contributed by atoms with Gasteiger partial charge in [-0.05, 0) is 61.1 Å². The maximum atomic E-state index is 12.3. The molecule has 0 heterocycles. The Morgan fingerprint density at radius 3 is 2.43 bits per heavy atom. The number of benzene rings is 2.